The van der Waals surface area contributed by atoms with Crippen LogP contribution in [0, 0.1) is 0 Å². The van der Waals surface area contributed by atoms with E-state index in [0.717, 1.165) is 21.8 Å². The van der Waals surface area contributed by atoms with E-state index in [-0.39, 0.29) is 17.2 Å². The molecule has 1 aromatic heterocycles. The van der Waals surface area contributed by atoms with Crippen LogP contribution in [0.1, 0.15) is 55.6 Å². The quantitative estimate of drug-likeness (QED) is 0.288. The third-order valence-corrected chi connectivity index (χ3v) is 7.07. The number of hydrogen-bond acceptors (Lipinski definition) is 5. The molecule has 0 radical (unpaired) electrons. The maximum absolute atomic E-state index is 13.4. The van der Waals surface area contributed by atoms with E-state index < -0.39 is 22.1 Å². The number of carbonyl (C=O) groups is 2. The molecule has 3 rings (SSSR count). The lowest BCUT2D eigenvalue weighted by atomic mass is 9.93. The third-order valence-electron chi connectivity index (χ3n) is 5.55. The zero-order valence-electron chi connectivity index (χ0n) is 21.5. The van der Waals surface area contributed by atoms with Crippen molar-refractivity contribution in [3.8, 4) is 0 Å². The van der Waals surface area contributed by atoms with Crippen molar-refractivity contribution in [2.45, 2.75) is 58.0 Å². The SMILES string of the molecule is C=S(=O)(O)Nc1ccc(C[C@H](NC(=O)[C@H](Cc2ccccc2)NC(C)=O)c2nc(C(C)(C)C)cs2)cc1. The van der Waals surface area contributed by atoms with E-state index in [4.69, 9.17) is 4.98 Å². The number of hydrogen-bond donors (Lipinski definition) is 4. The zero-order chi connectivity index (χ0) is 27.2. The van der Waals surface area contributed by atoms with Gasteiger partial charge in [-0.15, -0.1) is 11.3 Å². The molecule has 0 aliphatic carbocycles. The highest BCUT2D eigenvalue weighted by Gasteiger charge is 2.27. The normalized spacial score (nSPS) is 14.7. The fraction of sp³-hybridized carbons (Fsp3) is 0.333. The van der Waals surface area contributed by atoms with Crippen LogP contribution in [0.4, 0.5) is 5.69 Å². The molecule has 1 heterocycles. The molecule has 0 aliphatic rings. The van der Waals surface area contributed by atoms with E-state index in [9.17, 15) is 18.4 Å². The van der Waals surface area contributed by atoms with Gasteiger partial charge in [-0.3, -0.25) is 18.9 Å². The molecule has 0 saturated carbocycles. The van der Waals surface area contributed by atoms with Crippen LogP contribution in [-0.2, 0) is 37.8 Å². The fourth-order valence-corrected chi connectivity index (χ4v) is 5.30. The average Bonchev–Trinajstić information content (AvgIpc) is 3.30. The summed E-state index contributed by atoms with van der Waals surface area (Å²) < 4.78 is 23.4. The first-order chi connectivity index (χ1) is 17.3. The largest absolute Gasteiger partial charge is 0.345 e. The molecule has 0 saturated heterocycles. The molecule has 0 aliphatic heterocycles. The molecule has 3 atom stereocenters. The second-order valence-corrected chi connectivity index (χ2v) is 12.3. The number of nitrogens with one attached hydrogen (secondary N) is 3. The van der Waals surface area contributed by atoms with Gasteiger partial charge in [0.05, 0.1) is 11.7 Å². The van der Waals surface area contributed by atoms with Gasteiger partial charge in [-0.25, -0.2) is 9.19 Å². The predicted molar refractivity (Wildman–Crippen MR) is 151 cm³/mol. The molecular formula is C27H34N4O4S2. The highest BCUT2D eigenvalue weighted by Crippen LogP contribution is 2.29. The van der Waals surface area contributed by atoms with Crippen LogP contribution in [0.5, 0.6) is 0 Å². The average molecular weight is 543 g/mol. The van der Waals surface area contributed by atoms with Crippen LogP contribution in [0.2, 0.25) is 0 Å². The Hall–Kier alpha value is -3.21. The van der Waals surface area contributed by atoms with Gasteiger partial charge in [0, 0.05) is 29.8 Å². The molecule has 8 nitrogen and oxygen atoms in total. The molecule has 2 aromatic carbocycles. The lowest BCUT2D eigenvalue weighted by Crippen LogP contribution is -2.48. The van der Waals surface area contributed by atoms with Gasteiger partial charge in [-0.1, -0.05) is 63.2 Å². The van der Waals surface area contributed by atoms with Gasteiger partial charge in [-0.05, 0) is 35.6 Å². The number of rotatable bonds is 10. The van der Waals surface area contributed by atoms with Crippen molar-refractivity contribution in [3.05, 3.63) is 81.8 Å². The summed E-state index contributed by atoms with van der Waals surface area (Å²) in [5, 5.41) is 8.65. The Kier molecular flexibility index (Phi) is 9.12. The van der Waals surface area contributed by atoms with Crippen molar-refractivity contribution in [2.75, 3.05) is 4.72 Å². The van der Waals surface area contributed by atoms with Crippen molar-refractivity contribution in [1.82, 2.24) is 15.6 Å². The van der Waals surface area contributed by atoms with Gasteiger partial charge < -0.3 is 10.6 Å². The van der Waals surface area contributed by atoms with E-state index in [1.165, 1.54) is 18.3 Å². The molecule has 37 heavy (non-hydrogen) atoms. The van der Waals surface area contributed by atoms with Gasteiger partial charge in [0.15, 0.2) is 9.99 Å². The first-order valence-corrected chi connectivity index (χ1v) is 14.4. The zero-order valence-corrected chi connectivity index (χ0v) is 23.1. The minimum absolute atomic E-state index is 0.145. The Labute approximate surface area is 222 Å². The second-order valence-electron chi connectivity index (χ2n) is 9.97. The summed E-state index contributed by atoms with van der Waals surface area (Å²) in [6, 6.07) is 15.4. The minimum Gasteiger partial charge on any atom is -0.345 e. The van der Waals surface area contributed by atoms with Crippen molar-refractivity contribution >= 4 is 44.7 Å². The van der Waals surface area contributed by atoms with Crippen molar-refractivity contribution in [2.24, 2.45) is 0 Å². The molecule has 198 valence electrons. The summed E-state index contributed by atoms with van der Waals surface area (Å²) in [6.07, 6.45) is 0.802. The summed E-state index contributed by atoms with van der Waals surface area (Å²) in [6.45, 7) is 7.64. The summed E-state index contributed by atoms with van der Waals surface area (Å²) in [5.74, 6) is 2.60. The molecule has 0 bridgehead atoms. The van der Waals surface area contributed by atoms with Gasteiger partial charge in [0.1, 0.15) is 11.0 Å². The van der Waals surface area contributed by atoms with Gasteiger partial charge in [0.25, 0.3) is 0 Å². The topological polar surface area (TPSA) is 120 Å². The van der Waals surface area contributed by atoms with Gasteiger partial charge >= 0.3 is 0 Å². The Morgan fingerprint density at radius 2 is 1.65 bits per heavy atom. The van der Waals surface area contributed by atoms with Crippen LogP contribution >= 0.6 is 11.3 Å². The molecule has 10 heteroatoms. The molecular weight excluding hydrogens is 508 g/mol. The Morgan fingerprint density at radius 3 is 2.19 bits per heavy atom. The van der Waals surface area contributed by atoms with E-state index in [1.54, 1.807) is 12.1 Å². The van der Waals surface area contributed by atoms with E-state index >= 15 is 0 Å². The van der Waals surface area contributed by atoms with Crippen LogP contribution in [0.3, 0.4) is 0 Å². The molecule has 4 N–H and O–H groups in total. The van der Waals surface area contributed by atoms with E-state index in [0.29, 0.717) is 18.5 Å². The van der Waals surface area contributed by atoms with Crippen molar-refractivity contribution < 1.29 is 18.4 Å². The van der Waals surface area contributed by atoms with Gasteiger partial charge in [-0.2, -0.15) is 0 Å². The third kappa shape index (κ3) is 8.99. The summed E-state index contributed by atoms with van der Waals surface area (Å²) in [5.41, 5.74) is 3.09. The maximum Gasteiger partial charge on any atom is 0.243 e. The number of carbonyl (C=O) groups excluding carboxylic acids is 2. The number of amides is 2. The number of aromatic nitrogens is 1. The Bertz CT molecular complexity index is 1310. The summed E-state index contributed by atoms with van der Waals surface area (Å²) in [7, 11) is -3.38. The number of benzene rings is 2. The first kappa shape index (κ1) is 28.4. The van der Waals surface area contributed by atoms with E-state index in [1.807, 2.05) is 47.8 Å². The maximum atomic E-state index is 13.4. The minimum atomic E-state index is -3.38. The molecule has 2 amide bonds. The highest BCUT2D eigenvalue weighted by molar-refractivity contribution is 7.96. The lowest BCUT2D eigenvalue weighted by molar-refractivity contribution is -0.128. The van der Waals surface area contributed by atoms with Crippen LogP contribution in [0.15, 0.2) is 60.0 Å². The highest BCUT2D eigenvalue weighted by atomic mass is 32.2. The Balaban J connectivity index is 1.86. The molecule has 0 spiro atoms. The molecule has 1 unspecified atom stereocenters. The fourth-order valence-electron chi connectivity index (χ4n) is 3.70. The molecule has 3 aromatic rings. The van der Waals surface area contributed by atoms with Crippen molar-refractivity contribution in [1.29, 1.82) is 0 Å². The predicted octanol–water partition coefficient (Wildman–Crippen LogP) is 4.10. The van der Waals surface area contributed by atoms with Crippen molar-refractivity contribution in [3.63, 3.8) is 0 Å². The number of thiazole rings is 1. The lowest BCUT2D eigenvalue weighted by Gasteiger charge is -2.23. The smallest absolute Gasteiger partial charge is 0.243 e. The first-order valence-electron chi connectivity index (χ1n) is 11.8. The Morgan fingerprint density at radius 1 is 1.03 bits per heavy atom. The molecule has 0 fully saturated rings. The van der Waals surface area contributed by atoms with Crippen LogP contribution in [-0.4, -0.2) is 37.5 Å². The second kappa shape index (κ2) is 11.9. The summed E-state index contributed by atoms with van der Waals surface area (Å²) >= 11 is 1.48. The van der Waals surface area contributed by atoms with E-state index in [2.05, 4.69) is 42.0 Å². The van der Waals surface area contributed by atoms with Crippen LogP contribution < -0.4 is 15.4 Å². The number of anilines is 1. The monoisotopic (exact) mass is 542 g/mol. The standard InChI is InChI=1S/C27H34N4O4S2/c1-18(32)28-22(15-19-9-7-6-8-10-19)25(33)29-23(26-30-24(17-36-26)27(2,3)4)16-20-11-13-21(14-12-20)31-37(5,34)35/h6-14,17,22-23H,5,15-16H2,1-4H3,(H,28,32)(H,29,33)(H2,31,34,35)/t22-,23-/m0/s1. The summed E-state index contributed by atoms with van der Waals surface area (Å²) in [4.78, 5) is 30.2. The number of nitrogens with zero attached hydrogens (tertiary/aromatic N) is 1. The van der Waals surface area contributed by atoms with Gasteiger partial charge in [0.2, 0.25) is 11.8 Å². The van der Waals surface area contributed by atoms with Crippen LogP contribution in [0.25, 0.3) is 0 Å².